The highest BCUT2D eigenvalue weighted by molar-refractivity contribution is 6.07. The maximum Gasteiger partial charge on any atom is 0.214 e. The van der Waals surface area contributed by atoms with Crippen LogP contribution in [0.4, 0.5) is 0 Å². The Balaban J connectivity index is 1.71. The quantitative estimate of drug-likeness (QED) is 0.745. The number of rotatable bonds is 2. The Bertz CT molecular complexity index is 741. The van der Waals surface area contributed by atoms with E-state index in [1.807, 2.05) is 12.3 Å². The van der Waals surface area contributed by atoms with E-state index in [0.29, 0.717) is 6.10 Å². The lowest BCUT2D eigenvalue weighted by molar-refractivity contribution is 0.149. The molecule has 0 spiro atoms. The maximum atomic E-state index is 6.06. The van der Waals surface area contributed by atoms with Crippen molar-refractivity contribution in [1.29, 1.82) is 0 Å². The number of pyridine rings is 1. The number of nitrogens with one attached hydrogen (secondary N) is 1. The third-order valence-corrected chi connectivity index (χ3v) is 4.21. The predicted molar refractivity (Wildman–Crippen MR) is 81.1 cm³/mol. The van der Waals surface area contributed by atoms with Crippen molar-refractivity contribution < 1.29 is 4.74 Å². The molecular formula is C17H18N2O. The average Bonchev–Trinajstić information content (AvgIpc) is 2.86. The minimum Gasteiger partial charge on any atom is -0.474 e. The lowest BCUT2D eigenvalue weighted by atomic mass is 9.98. The van der Waals surface area contributed by atoms with Gasteiger partial charge in [0.15, 0.2) is 0 Å². The number of aromatic amines is 1. The first-order valence-corrected chi connectivity index (χ1v) is 7.43. The van der Waals surface area contributed by atoms with Crippen molar-refractivity contribution in [1.82, 2.24) is 9.97 Å². The molecule has 1 N–H and O–H groups in total. The van der Waals surface area contributed by atoms with Crippen LogP contribution >= 0.6 is 0 Å². The van der Waals surface area contributed by atoms with Gasteiger partial charge in [-0.1, -0.05) is 24.6 Å². The third-order valence-electron chi connectivity index (χ3n) is 4.21. The molecule has 0 aliphatic heterocycles. The SMILES string of the molecule is c1ccc2c(c1)[nH]c1cnc(OC3CCCCC3)cc12. The molecular weight excluding hydrogens is 248 g/mol. The van der Waals surface area contributed by atoms with Crippen LogP contribution in [0.1, 0.15) is 32.1 Å². The molecule has 3 heteroatoms. The van der Waals surface area contributed by atoms with Gasteiger partial charge in [-0.05, 0) is 31.7 Å². The van der Waals surface area contributed by atoms with Gasteiger partial charge in [-0.2, -0.15) is 0 Å². The summed E-state index contributed by atoms with van der Waals surface area (Å²) in [5.74, 6) is 0.758. The fourth-order valence-corrected chi connectivity index (χ4v) is 3.15. The van der Waals surface area contributed by atoms with E-state index in [-0.39, 0.29) is 0 Å². The Morgan fingerprint density at radius 2 is 1.85 bits per heavy atom. The number of benzene rings is 1. The third kappa shape index (κ3) is 2.03. The summed E-state index contributed by atoms with van der Waals surface area (Å²) < 4.78 is 6.06. The van der Waals surface area contributed by atoms with E-state index in [0.717, 1.165) is 29.8 Å². The second-order valence-corrected chi connectivity index (χ2v) is 5.62. The highest BCUT2D eigenvalue weighted by Crippen LogP contribution is 2.28. The van der Waals surface area contributed by atoms with Crippen LogP contribution in [-0.2, 0) is 0 Å². The van der Waals surface area contributed by atoms with Crippen molar-refractivity contribution in [3.63, 3.8) is 0 Å². The summed E-state index contributed by atoms with van der Waals surface area (Å²) in [6.45, 7) is 0. The van der Waals surface area contributed by atoms with Crippen molar-refractivity contribution in [3.05, 3.63) is 36.5 Å². The zero-order valence-corrected chi connectivity index (χ0v) is 11.4. The van der Waals surface area contributed by atoms with Gasteiger partial charge in [-0.25, -0.2) is 4.98 Å². The zero-order valence-electron chi connectivity index (χ0n) is 11.4. The summed E-state index contributed by atoms with van der Waals surface area (Å²) in [5, 5.41) is 2.43. The maximum absolute atomic E-state index is 6.06. The van der Waals surface area contributed by atoms with Gasteiger partial charge in [0.25, 0.3) is 0 Å². The molecule has 0 unspecified atom stereocenters. The van der Waals surface area contributed by atoms with E-state index < -0.39 is 0 Å². The molecule has 0 atom stereocenters. The molecule has 0 radical (unpaired) electrons. The molecule has 4 rings (SSSR count). The highest BCUT2D eigenvalue weighted by Gasteiger charge is 2.16. The molecule has 0 amide bonds. The number of H-pyrrole nitrogens is 1. The molecule has 102 valence electrons. The van der Waals surface area contributed by atoms with Gasteiger partial charge in [0.1, 0.15) is 6.10 Å². The van der Waals surface area contributed by atoms with E-state index in [1.165, 1.54) is 30.0 Å². The van der Waals surface area contributed by atoms with Gasteiger partial charge in [0.05, 0.1) is 11.7 Å². The van der Waals surface area contributed by atoms with Gasteiger partial charge in [0.2, 0.25) is 5.88 Å². The molecule has 1 aliphatic rings. The van der Waals surface area contributed by atoms with E-state index in [9.17, 15) is 0 Å². The average molecular weight is 266 g/mol. The first kappa shape index (κ1) is 11.8. The number of aromatic nitrogens is 2. The van der Waals surface area contributed by atoms with E-state index >= 15 is 0 Å². The molecule has 0 bridgehead atoms. The molecule has 2 heterocycles. The van der Waals surface area contributed by atoms with Crippen LogP contribution in [-0.4, -0.2) is 16.1 Å². The topological polar surface area (TPSA) is 37.9 Å². The Hall–Kier alpha value is -2.03. The zero-order chi connectivity index (χ0) is 13.4. The summed E-state index contributed by atoms with van der Waals surface area (Å²) in [4.78, 5) is 7.83. The van der Waals surface area contributed by atoms with Crippen LogP contribution in [0.3, 0.4) is 0 Å². The molecule has 1 saturated carbocycles. The van der Waals surface area contributed by atoms with Crippen LogP contribution in [0, 0.1) is 0 Å². The predicted octanol–water partition coefficient (Wildman–Crippen LogP) is 4.43. The highest BCUT2D eigenvalue weighted by atomic mass is 16.5. The van der Waals surface area contributed by atoms with E-state index in [4.69, 9.17) is 4.74 Å². The van der Waals surface area contributed by atoms with Crippen LogP contribution in [0.2, 0.25) is 0 Å². The Labute approximate surface area is 118 Å². The smallest absolute Gasteiger partial charge is 0.214 e. The standard InChI is InChI=1S/C17H18N2O/c1-2-6-12(7-3-1)20-17-10-14-13-8-4-5-9-15(13)19-16(14)11-18-17/h4-5,8-12,19H,1-3,6-7H2. The van der Waals surface area contributed by atoms with Crippen LogP contribution in [0.25, 0.3) is 21.8 Å². The van der Waals surface area contributed by atoms with E-state index in [2.05, 4.69) is 34.2 Å². The van der Waals surface area contributed by atoms with Crippen molar-refractivity contribution in [3.8, 4) is 5.88 Å². The molecule has 20 heavy (non-hydrogen) atoms. The van der Waals surface area contributed by atoms with Gasteiger partial charge >= 0.3 is 0 Å². The fraction of sp³-hybridized carbons (Fsp3) is 0.353. The Morgan fingerprint density at radius 1 is 1.00 bits per heavy atom. The van der Waals surface area contributed by atoms with Crippen LogP contribution in [0.5, 0.6) is 5.88 Å². The number of nitrogens with zero attached hydrogens (tertiary/aromatic N) is 1. The minimum absolute atomic E-state index is 0.346. The van der Waals surface area contributed by atoms with Crippen LogP contribution < -0.4 is 4.74 Å². The fourth-order valence-electron chi connectivity index (χ4n) is 3.15. The summed E-state index contributed by atoms with van der Waals surface area (Å²) in [6.07, 6.45) is 8.45. The Kier molecular flexibility index (Phi) is 2.84. The molecule has 1 aliphatic carbocycles. The normalized spacial score (nSPS) is 16.8. The van der Waals surface area contributed by atoms with Crippen molar-refractivity contribution >= 4 is 21.8 Å². The number of para-hydroxylation sites is 1. The van der Waals surface area contributed by atoms with Crippen LogP contribution in [0.15, 0.2) is 36.5 Å². The second-order valence-electron chi connectivity index (χ2n) is 5.62. The summed E-state index contributed by atoms with van der Waals surface area (Å²) in [6, 6.07) is 10.4. The molecule has 3 aromatic rings. The first-order valence-electron chi connectivity index (χ1n) is 7.43. The molecule has 2 aromatic heterocycles. The lowest BCUT2D eigenvalue weighted by Crippen LogP contribution is -2.20. The van der Waals surface area contributed by atoms with Crippen molar-refractivity contribution in [2.45, 2.75) is 38.2 Å². The van der Waals surface area contributed by atoms with Gasteiger partial charge < -0.3 is 9.72 Å². The lowest BCUT2D eigenvalue weighted by Gasteiger charge is -2.22. The van der Waals surface area contributed by atoms with Gasteiger partial charge in [-0.3, -0.25) is 0 Å². The number of fused-ring (bicyclic) bond motifs is 3. The molecule has 3 nitrogen and oxygen atoms in total. The number of hydrogen-bond acceptors (Lipinski definition) is 2. The summed E-state index contributed by atoms with van der Waals surface area (Å²) >= 11 is 0. The van der Waals surface area contributed by atoms with Gasteiger partial charge in [-0.15, -0.1) is 0 Å². The number of hydrogen-bond donors (Lipinski definition) is 1. The monoisotopic (exact) mass is 266 g/mol. The largest absolute Gasteiger partial charge is 0.474 e. The molecule has 1 aromatic carbocycles. The van der Waals surface area contributed by atoms with Gasteiger partial charge in [0, 0.05) is 22.4 Å². The Morgan fingerprint density at radius 3 is 2.75 bits per heavy atom. The molecule has 1 fully saturated rings. The minimum atomic E-state index is 0.346. The van der Waals surface area contributed by atoms with Crippen molar-refractivity contribution in [2.24, 2.45) is 0 Å². The summed E-state index contributed by atoms with van der Waals surface area (Å²) in [5.41, 5.74) is 2.22. The first-order chi connectivity index (χ1) is 9.90. The summed E-state index contributed by atoms with van der Waals surface area (Å²) in [7, 11) is 0. The number of ether oxygens (including phenoxy) is 1. The van der Waals surface area contributed by atoms with E-state index in [1.54, 1.807) is 0 Å². The van der Waals surface area contributed by atoms with Crippen molar-refractivity contribution in [2.75, 3.05) is 0 Å². The molecule has 0 saturated heterocycles. The second kappa shape index (κ2) is 4.82.